The molecule has 0 saturated heterocycles. The second-order valence-corrected chi connectivity index (χ2v) is 3.75. The van der Waals surface area contributed by atoms with Crippen LogP contribution in [-0.2, 0) is 6.54 Å². The monoisotopic (exact) mass is 191 g/mol. The van der Waals surface area contributed by atoms with Gasteiger partial charge in [-0.25, -0.2) is 0 Å². The van der Waals surface area contributed by atoms with Crippen molar-refractivity contribution in [2.24, 2.45) is 0 Å². The third kappa shape index (κ3) is 1.45. The molecule has 1 aromatic carbocycles. The first-order chi connectivity index (χ1) is 6.72. The van der Waals surface area contributed by atoms with Crippen LogP contribution in [0.2, 0.25) is 0 Å². The summed E-state index contributed by atoms with van der Waals surface area (Å²) in [5, 5.41) is 9.84. The highest BCUT2D eigenvalue weighted by Crippen LogP contribution is 2.27. The zero-order valence-corrected chi connectivity index (χ0v) is 8.10. The number of carbonyl (C=O) groups is 1. The summed E-state index contributed by atoms with van der Waals surface area (Å²) >= 11 is 0. The van der Waals surface area contributed by atoms with E-state index in [0.717, 1.165) is 24.0 Å². The average molecular weight is 191 g/mol. The SMILES string of the molecule is CN1Cc2cccc(C=O)c2[C@H](O)C1. The van der Waals surface area contributed by atoms with Gasteiger partial charge in [0.15, 0.2) is 0 Å². The molecule has 2 rings (SSSR count). The molecular weight excluding hydrogens is 178 g/mol. The van der Waals surface area contributed by atoms with Gasteiger partial charge in [-0.3, -0.25) is 9.69 Å². The minimum Gasteiger partial charge on any atom is -0.387 e. The Morgan fingerprint density at radius 3 is 3.07 bits per heavy atom. The average Bonchev–Trinajstić information content (AvgIpc) is 2.16. The number of likely N-dealkylation sites (N-methyl/N-ethyl adjacent to an activating group) is 1. The van der Waals surface area contributed by atoms with Crippen LogP contribution in [0.1, 0.15) is 27.6 Å². The van der Waals surface area contributed by atoms with Crippen molar-refractivity contribution in [3.05, 3.63) is 34.9 Å². The molecule has 0 aromatic heterocycles. The minimum absolute atomic E-state index is 0.537. The van der Waals surface area contributed by atoms with Crippen LogP contribution in [0.5, 0.6) is 0 Å². The topological polar surface area (TPSA) is 40.5 Å². The molecule has 0 unspecified atom stereocenters. The normalized spacial score (nSPS) is 21.7. The Balaban J connectivity index is 2.52. The van der Waals surface area contributed by atoms with Gasteiger partial charge in [-0.1, -0.05) is 18.2 Å². The van der Waals surface area contributed by atoms with E-state index in [0.29, 0.717) is 12.1 Å². The number of carbonyl (C=O) groups excluding carboxylic acids is 1. The summed E-state index contributed by atoms with van der Waals surface area (Å²) in [6.45, 7) is 1.39. The highest BCUT2D eigenvalue weighted by atomic mass is 16.3. The van der Waals surface area contributed by atoms with Gasteiger partial charge in [0.2, 0.25) is 0 Å². The molecule has 0 saturated carbocycles. The van der Waals surface area contributed by atoms with Gasteiger partial charge >= 0.3 is 0 Å². The first-order valence-corrected chi connectivity index (χ1v) is 4.66. The number of benzene rings is 1. The molecule has 14 heavy (non-hydrogen) atoms. The molecule has 1 aromatic rings. The summed E-state index contributed by atoms with van der Waals surface area (Å²) in [5.41, 5.74) is 2.47. The molecule has 1 atom stereocenters. The lowest BCUT2D eigenvalue weighted by Gasteiger charge is -2.29. The fourth-order valence-electron chi connectivity index (χ4n) is 2.02. The third-order valence-electron chi connectivity index (χ3n) is 2.62. The maximum atomic E-state index is 10.8. The molecule has 3 heteroatoms. The van der Waals surface area contributed by atoms with Crippen molar-refractivity contribution >= 4 is 6.29 Å². The predicted octanol–water partition coefficient (Wildman–Crippen LogP) is 0.978. The third-order valence-corrected chi connectivity index (χ3v) is 2.62. The van der Waals surface area contributed by atoms with Crippen LogP contribution in [0.25, 0.3) is 0 Å². The number of hydrogen-bond acceptors (Lipinski definition) is 3. The van der Waals surface area contributed by atoms with Crippen LogP contribution in [0, 0.1) is 0 Å². The molecule has 1 heterocycles. The summed E-state index contributed by atoms with van der Waals surface area (Å²) in [6, 6.07) is 5.57. The van der Waals surface area contributed by atoms with E-state index in [1.54, 1.807) is 6.07 Å². The Kier molecular flexibility index (Phi) is 2.35. The van der Waals surface area contributed by atoms with Gasteiger partial charge in [-0.05, 0) is 18.2 Å². The smallest absolute Gasteiger partial charge is 0.150 e. The van der Waals surface area contributed by atoms with E-state index in [-0.39, 0.29) is 0 Å². The molecule has 0 radical (unpaired) electrons. The molecule has 0 amide bonds. The molecule has 74 valence electrons. The van der Waals surface area contributed by atoms with E-state index in [9.17, 15) is 9.90 Å². The van der Waals surface area contributed by atoms with Crippen molar-refractivity contribution in [2.75, 3.05) is 13.6 Å². The largest absolute Gasteiger partial charge is 0.387 e. The van der Waals surface area contributed by atoms with E-state index in [4.69, 9.17) is 0 Å². The number of aliphatic hydroxyl groups excluding tert-OH is 1. The van der Waals surface area contributed by atoms with Crippen molar-refractivity contribution in [3.8, 4) is 0 Å². The first kappa shape index (κ1) is 9.37. The van der Waals surface area contributed by atoms with Gasteiger partial charge in [0.25, 0.3) is 0 Å². The van der Waals surface area contributed by atoms with Crippen molar-refractivity contribution in [1.82, 2.24) is 4.90 Å². The van der Waals surface area contributed by atoms with Gasteiger partial charge in [-0.15, -0.1) is 0 Å². The number of β-amino-alcohol motifs (C(OH)–C–C–N with tert-alkyl or cyclic N) is 1. The predicted molar refractivity (Wildman–Crippen MR) is 53.1 cm³/mol. The van der Waals surface area contributed by atoms with Crippen LogP contribution in [0.15, 0.2) is 18.2 Å². The lowest BCUT2D eigenvalue weighted by atomic mass is 9.93. The van der Waals surface area contributed by atoms with Crippen molar-refractivity contribution < 1.29 is 9.90 Å². The Hall–Kier alpha value is -1.19. The molecular formula is C11H13NO2. The summed E-state index contributed by atoms with van der Waals surface area (Å²) in [5.74, 6) is 0. The number of nitrogens with zero attached hydrogens (tertiary/aromatic N) is 1. The van der Waals surface area contributed by atoms with Crippen LogP contribution in [0.4, 0.5) is 0 Å². The molecule has 3 nitrogen and oxygen atoms in total. The Labute approximate surface area is 83.0 Å². The van der Waals surface area contributed by atoms with Gasteiger partial charge in [0.1, 0.15) is 6.29 Å². The molecule has 0 bridgehead atoms. The Bertz CT molecular complexity index is 362. The summed E-state index contributed by atoms with van der Waals surface area (Å²) in [4.78, 5) is 12.8. The quantitative estimate of drug-likeness (QED) is 0.673. The van der Waals surface area contributed by atoms with Crippen molar-refractivity contribution in [3.63, 3.8) is 0 Å². The van der Waals surface area contributed by atoms with Crippen LogP contribution in [-0.4, -0.2) is 29.9 Å². The molecule has 0 spiro atoms. The fourth-order valence-corrected chi connectivity index (χ4v) is 2.02. The lowest BCUT2D eigenvalue weighted by molar-refractivity contribution is 0.102. The van der Waals surface area contributed by atoms with Crippen LogP contribution >= 0.6 is 0 Å². The molecule has 0 fully saturated rings. The van der Waals surface area contributed by atoms with E-state index in [1.807, 2.05) is 24.1 Å². The zero-order valence-electron chi connectivity index (χ0n) is 8.10. The number of aldehydes is 1. The van der Waals surface area contributed by atoms with Crippen LogP contribution < -0.4 is 0 Å². The zero-order chi connectivity index (χ0) is 10.1. The second-order valence-electron chi connectivity index (χ2n) is 3.75. The molecule has 0 aliphatic carbocycles. The maximum absolute atomic E-state index is 10.8. The fraction of sp³-hybridized carbons (Fsp3) is 0.364. The number of hydrogen-bond donors (Lipinski definition) is 1. The standard InChI is InChI=1S/C11H13NO2/c1-12-5-8-3-2-4-9(7-13)11(8)10(14)6-12/h2-4,7,10,14H,5-6H2,1H3/t10-/m1/s1. The Morgan fingerprint density at radius 2 is 2.36 bits per heavy atom. The van der Waals surface area contributed by atoms with Crippen LogP contribution in [0.3, 0.4) is 0 Å². The van der Waals surface area contributed by atoms with Gasteiger partial charge < -0.3 is 5.11 Å². The van der Waals surface area contributed by atoms with Gasteiger partial charge in [-0.2, -0.15) is 0 Å². The van der Waals surface area contributed by atoms with E-state index in [1.165, 1.54) is 0 Å². The highest BCUT2D eigenvalue weighted by Gasteiger charge is 2.23. The first-order valence-electron chi connectivity index (χ1n) is 4.66. The molecule has 1 N–H and O–H groups in total. The van der Waals surface area contributed by atoms with E-state index >= 15 is 0 Å². The number of fused-ring (bicyclic) bond motifs is 1. The van der Waals surface area contributed by atoms with E-state index < -0.39 is 6.10 Å². The summed E-state index contributed by atoms with van der Waals surface area (Å²) < 4.78 is 0. The highest BCUT2D eigenvalue weighted by molar-refractivity contribution is 5.78. The second kappa shape index (κ2) is 3.52. The van der Waals surface area contributed by atoms with Crippen molar-refractivity contribution in [2.45, 2.75) is 12.6 Å². The van der Waals surface area contributed by atoms with Gasteiger partial charge in [0, 0.05) is 18.7 Å². The van der Waals surface area contributed by atoms with Crippen molar-refractivity contribution in [1.29, 1.82) is 0 Å². The molecule has 1 aliphatic rings. The maximum Gasteiger partial charge on any atom is 0.150 e. The minimum atomic E-state index is -0.537. The Morgan fingerprint density at radius 1 is 1.57 bits per heavy atom. The molecule has 1 aliphatic heterocycles. The summed E-state index contributed by atoms with van der Waals surface area (Å²) in [6.07, 6.45) is 0.276. The lowest BCUT2D eigenvalue weighted by Crippen LogP contribution is -2.31. The van der Waals surface area contributed by atoms with Gasteiger partial charge in [0.05, 0.1) is 6.10 Å². The van der Waals surface area contributed by atoms with E-state index in [2.05, 4.69) is 0 Å². The summed E-state index contributed by atoms with van der Waals surface area (Å²) in [7, 11) is 1.96. The number of rotatable bonds is 1. The number of aliphatic hydroxyl groups is 1.